The van der Waals surface area contributed by atoms with Gasteiger partial charge in [-0.3, -0.25) is 9.59 Å². The van der Waals surface area contributed by atoms with Crippen LogP contribution >= 0.6 is 0 Å². The molecule has 0 saturated heterocycles. The number of aldehydes is 1. The maximum atomic E-state index is 12.4. The lowest BCUT2D eigenvalue weighted by molar-refractivity contribution is -0.120. The van der Waals surface area contributed by atoms with Crippen molar-refractivity contribution in [3.8, 4) is 0 Å². The highest BCUT2D eigenvalue weighted by Crippen LogP contribution is 2.06. The zero-order valence-corrected chi connectivity index (χ0v) is 7.61. The average molecular weight is 217 g/mol. The van der Waals surface area contributed by atoms with Gasteiger partial charge in [0.2, 0.25) is 5.91 Å². The molecule has 0 heterocycles. The second kappa shape index (κ2) is 6.61. The number of hydrogen-bond acceptors (Lipinski definition) is 3. The van der Waals surface area contributed by atoms with Crippen LogP contribution in [0.3, 0.4) is 0 Å². The van der Waals surface area contributed by atoms with Gasteiger partial charge in [0.1, 0.15) is 18.2 Å². The molecule has 1 aromatic rings. The Labute approximate surface area is 84.3 Å². The van der Waals surface area contributed by atoms with E-state index in [1.165, 1.54) is 0 Å². The first-order valence-electron chi connectivity index (χ1n) is 3.80. The molecule has 1 rings (SSSR count). The minimum absolute atomic E-state index is 0.124. The lowest BCUT2D eigenvalue weighted by Crippen LogP contribution is -2.14. The van der Waals surface area contributed by atoms with E-state index in [-0.39, 0.29) is 5.56 Å². The molecular formula is C9H9F2NO3. The third kappa shape index (κ3) is 5.48. The van der Waals surface area contributed by atoms with Gasteiger partial charge >= 0.3 is 0 Å². The molecule has 6 heteroatoms. The molecule has 4 nitrogen and oxygen atoms in total. The van der Waals surface area contributed by atoms with Gasteiger partial charge in [-0.05, 0) is 12.1 Å². The smallest absolute Gasteiger partial charge is 0.243 e. The van der Waals surface area contributed by atoms with E-state index < -0.39 is 24.1 Å². The largest absolute Gasteiger partial charge is 0.387 e. The minimum Gasteiger partial charge on any atom is -0.387 e. The predicted molar refractivity (Wildman–Crippen MR) is 48.0 cm³/mol. The summed E-state index contributed by atoms with van der Waals surface area (Å²) in [6.45, 7) is -0.556. The monoisotopic (exact) mass is 217 g/mol. The number of benzene rings is 1. The van der Waals surface area contributed by atoms with Crippen molar-refractivity contribution >= 4 is 12.2 Å². The Morgan fingerprint density at radius 2 is 2.00 bits per heavy atom. The Bertz CT molecular complexity index is 355. The zero-order chi connectivity index (χ0) is 11.8. The summed E-state index contributed by atoms with van der Waals surface area (Å²) in [5.41, 5.74) is 4.28. The van der Waals surface area contributed by atoms with Crippen LogP contribution in [0.5, 0.6) is 0 Å². The van der Waals surface area contributed by atoms with Gasteiger partial charge in [0.25, 0.3) is 0 Å². The highest BCUT2D eigenvalue weighted by Gasteiger charge is 2.00. The van der Waals surface area contributed by atoms with Gasteiger partial charge in [-0.25, -0.2) is 8.78 Å². The van der Waals surface area contributed by atoms with Crippen LogP contribution in [0.25, 0.3) is 0 Å². The summed E-state index contributed by atoms with van der Waals surface area (Å²) < 4.78 is 24.5. The van der Waals surface area contributed by atoms with Gasteiger partial charge in [0, 0.05) is 6.07 Å². The first kappa shape index (κ1) is 13.2. The Hall–Kier alpha value is -1.82. The standard InChI is InChI=1S/C7H4F2O.C2H5NO2/c8-6-2-1-5(4-10)7(9)3-6;3-2(5)1-4/h1-4H;4H,1H2,(H2,3,5). The molecule has 0 spiro atoms. The molecule has 15 heavy (non-hydrogen) atoms. The number of aliphatic hydroxyl groups is 1. The molecule has 0 fully saturated rings. The third-order valence-electron chi connectivity index (χ3n) is 1.25. The zero-order valence-electron chi connectivity index (χ0n) is 7.61. The van der Waals surface area contributed by atoms with Crippen LogP contribution in [0.1, 0.15) is 10.4 Å². The van der Waals surface area contributed by atoms with E-state index in [0.29, 0.717) is 12.4 Å². The van der Waals surface area contributed by atoms with E-state index >= 15 is 0 Å². The number of carbonyl (C=O) groups is 2. The summed E-state index contributed by atoms with van der Waals surface area (Å²) in [5.74, 6) is -2.19. The molecule has 0 aliphatic carbocycles. The van der Waals surface area contributed by atoms with Crippen LogP contribution < -0.4 is 5.73 Å². The number of primary amides is 1. The fourth-order valence-corrected chi connectivity index (χ4v) is 0.597. The molecule has 0 unspecified atom stereocenters. The molecule has 0 atom stereocenters. The van der Waals surface area contributed by atoms with Crippen molar-refractivity contribution in [1.82, 2.24) is 0 Å². The van der Waals surface area contributed by atoms with Gasteiger partial charge in [0.05, 0.1) is 5.56 Å². The highest BCUT2D eigenvalue weighted by molar-refractivity contribution is 5.75. The summed E-state index contributed by atoms with van der Waals surface area (Å²) in [6, 6.07) is 2.80. The summed E-state index contributed by atoms with van der Waals surface area (Å²) >= 11 is 0. The Morgan fingerprint density at radius 3 is 2.33 bits per heavy atom. The molecular weight excluding hydrogens is 208 g/mol. The number of carbonyl (C=O) groups excluding carboxylic acids is 2. The van der Waals surface area contributed by atoms with E-state index in [0.717, 1.165) is 12.1 Å². The maximum absolute atomic E-state index is 12.4. The molecule has 1 aromatic carbocycles. The quantitative estimate of drug-likeness (QED) is 0.696. The highest BCUT2D eigenvalue weighted by atomic mass is 19.1. The number of amides is 1. The topological polar surface area (TPSA) is 80.4 Å². The van der Waals surface area contributed by atoms with Gasteiger partial charge in [-0.15, -0.1) is 0 Å². The van der Waals surface area contributed by atoms with E-state index in [2.05, 4.69) is 5.73 Å². The maximum Gasteiger partial charge on any atom is 0.243 e. The lowest BCUT2D eigenvalue weighted by Gasteiger charge is -1.91. The molecule has 0 aliphatic heterocycles. The fraction of sp³-hybridized carbons (Fsp3) is 0.111. The van der Waals surface area contributed by atoms with Crippen LogP contribution in [0, 0.1) is 11.6 Å². The van der Waals surface area contributed by atoms with E-state index in [4.69, 9.17) is 5.11 Å². The molecule has 0 aliphatic rings. The second-order valence-electron chi connectivity index (χ2n) is 2.41. The SMILES string of the molecule is NC(=O)CO.O=Cc1ccc(F)cc1F. The van der Waals surface area contributed by atoms with Crippen LogP contribution in [-0.2, 0) is 4.79 Å². The molecule has 0 radical (unpaired) electrons. The van der Waals surface area contributed by atoms with Crippen LogP contribution in [0.4, 0.5) is 8.78 Å². The molecule has 3 N–H and O–H groups in total. The van der Waals surface area contributed by atoms with Gasteiger partial charge < -0.3 is 10.8 Å². The minimum atomic E-state index is -0.824. The van der Waals surface area contributed by atoms with Crippen molar-refractivity contribution in [3.05, 3.63) is 35.4 Å². The fourth-order valence-electron chi connectivity index (χ4n) is 0.597. The van der Waals surface area contributed by atoms with E-state index in [9.17, 15) is 18.4 Å². The molecule has 0 aromatic heterocycles. The molecule has 82 valence electrons. The van der Waals surface area contributed by atoms with E-state index in [1.807, 2.05) is 0 Å². The number of rotatable bonds is 2. The molecule has 0 saturated carbocycles. The lowest BCUT2D eigenvalue weighted by atomic mass is 10.2. The summed E-state index contributed by atoms with van der Waals surface area (Å²) in [4.78, 5) is 19.3. The molecule has 1 amide bonds. The van der Waals surface area contributed by atoms with Gasteiger partial charge in [-0.2, -0.15) is 0 Å². The average Bonchev–Trinajstić information content (AvgIpc) is 2.19. The Morgan fingerprint density at radius 1 is 1.47 bits per heavy atom. The summed E-state index contributed by atoms with van der Waals surface area (Å²) in [6.07, 6.45) is 0.342. The Kier molecular flexibility index (Phi) is 5.81. The van der Waals surface area contributed by atoms with Crippen molar-refractivity contribution < 1.29 is 23.5 Å². The Balaban J connectivity index is 0.000000336. The van der Waals surface area contributed by atoms with Crippen molar-refractivity contribution in [1.29, 1.82) is 0 Å². The van der Waals surface area contributed by atoms with E-state index in [1.54, 1.807) is 0 Å². The summed E-state index contributed by atoms with van der Waals surface area (Å²) in [7, 11) is 0. The predicted octanol–water partition coefficient (Wildman–Crippen LogP) is 0.241. The van der Waals surface area contributed by atoms with Crippen LogP contribution in [0.15, 0.2) is 18.2 Å². The number of aliphatic hydroxyl groups excluding tert-OH is 1. The van der Waals surface area contributed by atoms with Gasteiger partial charge in [-0.1, -0.05) is 0 Å². The van der Waals surface area contributed by atoms with Crippen molar-refractivity contribution in [2.24, 2.45) is 5.73 Å². The van der Waals surface area contributed by atoms with Crippen molar-refractivity contribution in [2.45, 2.75) is 0 Å². The van der Waals surface area contributed by atoms with Crippen LogP contribution in [0.2, 0.25) is 0 Å². The van der Waals surface area contributed by atoms with Crippen LogP contribution in [-0.4, -0.2) is 23.9 Å². The first-order valence-corrected chi connectivity index (χ1v) is 3.80. The van der Waals surface area contributed by atoms with Gasteiger partial charge in [0.15, 0.2) is 6.29 Å². The second-order valence-corrected chi connectivity index (χ2v) is 2.41. The number of halogens is 2. The third-order valence-corrected chi connectivity index (χ3v) is 1.25. The number of hydrogen-bond donors (Lipinski definition) is 2. The number of nitrogens with two attached hydrogens (primary N) is 1. The molecule has 0 bridgehead atoms. The van der Waals surface area contributed by atoms with Crippen molar-refractivity contribution in [3.63, 3.8) is 0 Å². The normalized spacial score (nSPS) is 8.73. The van der Waals surface area contributed by atoms with Crippen molar-refractivity contribution in [2.75, 3.05) is 6.61 Å². The first-order chi connectivity index (χ1) is 7.01. The summed E-state index contributed by atoms with van der Waals surface area (Å²) in [5, 5.41) is 7.67.